The van der Waals surface area contributed by atoms with Gasteiger partial charge in [0.15, 0.2) is 0 Å². The molecule has 0 heterocycles. The summed E-state index contributed by atoms with van der Waals surface area (Å²) >= 11 is 0. The first-order valence-corrected chi connectivity index (χ1v) is 7.80. The fourth-order valence-corrected chi connectivity index (χ4v) is 2.07. The summed E-state index contributed by atoms with van der Waals surface area (Å²) in [5.41, 5.74) is 0.648. The van der Waals surface area contributed by atoms with Crippen LogP contribution in [-0.4, -0.2) is 26.5 Å². The lowest BCUT2D eigenvalue weighted by Gasteiger charge is -2.20. The number of sulfonamides is 1. The van der Waals surface area contributed by atoms with Crippen LogP contribution in [0.4, 0.5) is 4.79 Å². The molecule has 1 aromatic rings. The van der Waals surface area contributed by atoms with Crippen molar-refractivity contribution in [1.29, 1.82) is 0 Å². The molecule has 0 unspecified atom stereocenters. The van der Waals surface area contributed by atoms with E-state index >= 15 is 0 Å². The van der Waals surface area contributed by atoms with Crippen molar-refractivity contribution in [2.24, 2.45) is 5.14 Å². The summed E-state index contributed by atoms with van der Waals surface area (Å²) in [6.07, 6.45) is 0.614. The van der Waals surface area contributed by atoms with Gasteiger partial charge in [0, 0.05) is 12.1 Å². The van der Waals surface area contributed by atoms with Crippen molar-refractivity contribution in [2.75, 3.05) is 6.54 Å². The minimum Gasteiger partial charge on any atom is -0.338 e. The number of benzene rings is 1. The Morgan fingerprint density at radius 3 is 2.20 bits per heavy atom. The van der Waals surface area contributed by atoms with Crippen molar-refractivity contribution in [2.45, 2.75) is 37.6 Å². The fraction of sp³-hybridized carbons (Fsp3) is 0.462. The lowest BCUT2D eigenvalue weighted by molar-refractivity contribution is 0.232. The second kappa shape index (κ2) is 6.23. The van der Waals surface area contributed by atoms with E-state index in [2.05, 4.69) is 10.6 Å². The first-order chi connectivity index (χ1) is 9.08. The molecule has 0 fully saturated rings. The van der Waals surface area contributed by atoms with Crippen LogP contribution in [0.3, 0.4) is 0 Å². The molecule has 0 bridgehead atoms. The summed E-state index contributed by atoms with van der Waals surface area (Å²) in [7, 11) is -3.65. The van der Waals surface area contributed by atoms with E-state index in [1.54, 1.807) is 12.1 Å². The van der Waals surface area contributed by atoms with E-state index in [0.717, 1.165) is 5.56 Å². The van der Waals surface area contributed by atoms with E-state index in [1.807, 2.05) is 20.8 Å². The molecule has 0 radical (unpaired) electrons. The minimum atomic E-state index is -3.65. The number of urea groups is 1. The van der Waals surface area contributed by atoms with Gasteiger partial charge in [0.1, 0.15) is 0 Å². The molecule has 0 aliphatic carbocycles. The number of hydrogen-bond acceptors (Lipinski definition) is 3. The van der Waals surface area contributed by atoms with Crippen LogP contribution in [0, 0.1) is 0 Å². The molecule has 7 heteroatoms. The average Bonchev–Trinajstić information content (AvgIpc) is 2.26. The molecule has 112 valence electrons. The number of hydrogen-bond donors (Lipinski definition) is 3. The fourth-order valence-electron chi connectivity index (χ4n) is 1.55. The third kappa shape index (κ3) is 6.03. The highest BCUT2D eigenvalue weighted by atomic mass is 32.2. The Morgan fingerprint density at radius 2 is 1.75 bits per heavy atom. The Morgan fingerprint density at radius 1 is 1.20 bits per heavy atom. The number of carbonyl (C=O) groups is 1. The zero-order valence-electron chi connectivity index (χ0n) is 11.9. The maximum Gasteiger partial charge on any atom is 0.315 e. The highest BCUT2D eigenvalue weighted by Crippen LogP contribution is 2.08. The van der Waals surface area contributed by atoms with Crippen LogP contribution >= 0.6 is 0 Å². The molecule has 20 heavy (non-hydrogen) atoms. The molecule has 0 saturated heterocycles. The standard InChI is InChI=1S/C13H21N3O3S/c1-13(2,3)16-12(17)15-9-8-10-4-6-11(7-5-10)20(14,18)19/h4-7H,8-9H2,1-3H3,(H2,14,18,19)(H2,15,16,17). The molecule has 0 aliphatic heterocycles. The zero-order valence-corrected chi connectivity index (χ0v) is 12.8. The van der Waals surface area contributed by atoms with Crippen molar-refractivity contribution < 1.29 is 13.2 Å². The maximum atomic E-state index is 11.5. The summed E-state index contributed by atoms with van der Waals surface area (Å²) < 4.78 is 22.2. The van der Waals surface area contributed by atoms with Gasteiger partial charge >= 0.3 is 6.03 Å². The molecule has 1 rings (SSSR count). The second-order valence-corrected chi connectivity index (χ2v) is 7.13. The number of nitrogens with one attached hydrogen (secondary N) is 2. The van der Waals surface area contributed by atoms with Gasteiger partial charge in [-0.2, -0.15) is 0 Å². The largest absolute Gasteiger partial charge is 0.338 e. The predicted molar refractivity (Wildman–Crippen MR) is 77.8 cm³/mol. The third-order valence-electron chi connectivity index (χ3n) is 2.44. The Hall–Kier alpha value is -1.60. The summed E-state index contributed by atoms with van der Waals surface area (Å²) in [5, 5.41) is 10.5. The lowest BCUT2D eigenvalue weighted by atomic mass is 10.1. The first kappa shape index (κ1) is 16.5. The van der Waals surface area contributed by atoms with Gasteiger partial charge in [0.2, 0.25) is 10.0 Å². The molecule has 0 atom stereocenters. The number of primary sulfonamides is 1. The molecule has 0 aliphatic rings. The van der Waals surface area contributed by atoms with Crippen molar-refractivity contribution in [3.63, 3.8) is 0 Å². The Balaban J connectivity index is 2.45. The van der Waals surface area contributed by atoms with Gasteiger partial charge in [0.25, 0.3) is 0 Å². The molecule has 2 amide bonds. The van der Waals surface area contributed by atoms with Gasteiger partial charge in [0.05, 0.1) is 4.90 Å². The van der Waals surface area contributed by atoms with Crippen LogP contribution in [0.25, 0.3) is 0 Å². The molecule has 0 saturated carbocycles. The molecule has 6 nitrogen and oxygen atoms in total. The monoisotopic (exact) mass is 299 g/mol. The Labute approximate surface area is 119 Å². The summed E-state index contributed by atoms with van der Waals surface area (Å²) in [4.78, 5) is 11.6. The third-order valence-corrected chi connectivity index (χ3v) is 3.37. The smallest absolute Gasteiger partial charge is 0.315 e. The highest BCUT2D eigenvalue weighted by Gasteiger charge is 2.12. The van der Waals surface area contributed by atoms with Gasteiger partial charge in [-0.15, -0.1) is 0 Å². The van der Waals surface area contributed by atoms with Crippen molar-refractivity contribution in [1.82, 2.24) is 10.6 Å². The van der Waals surface area contributed by atoms with Crippen LogP contribution < -0.4 is 15.8 Å². The molecule has 0 spiro atoms. The van der Waals surface area contributed by atoms with Crippen LogP contribution in [0.2, 0.25) is 0 Å². The summed E-state index contributed by atoms with van der Waals surface area (Å²) in [6, 6.07) is 6.06. The van der Waals surface area contributed by atoms with Crippen LogP contribution in [-0.2, 0) is 16.4 Å². The van der Waals surface area contributed by atoms with Gasteiger partial charge in [-0.25, -0.2) is 18.4 Å². The Bertz CT molecular complexity index is 560. The number of rotatable bonds is 4. The van der Waals surface area contributed by atoms with Gasteiger partial charge in [-0.3, -0.25) is 0 Å². The normalized spacial score (nSPS) is 12.0. The highest BCUT2D eigenvalue weighted by molar-refractivity contribution is 7.89. The van der Waals surface area contributed by atoms with E-state index in [9.17, 15) is 13.2 Å². The molecular weight excluding hydrogens is 278 g/mol. The molecule has 4 N–H and O–H groups in total. The number of nitrogens with two attached hydrogens (primary N) is 1. The topological polar surface area (TPSA) is 101 Å². The summed E-state index contributed by atoms with van der Waals surface area (Å²) in [6.45, 7) is 6.17. The van der Waals surface area contributed by atoms with E-state index in [-0.39, 0.29) is 16.5 Å². The predicted octanol–water partition coefficient (Wildman–Crippen LogP) is 0.974. The first-order valence-electron chi connectivity index (χ1n) is 6.26. The van der Waals surface area contributed by atoms with Crippen molar-refractivity contribution in [3.05, 3.63) is 29.8 Å². The lowest BCUT2D eigenvalue weighted by Crippen LogP contribution is -2.46. The van der Waals surface area contributed by atoms with E-state index < -0.39 is 10.0 Å². The molecular formula is C13H21N3O3S. The quantitative estimate of drug-likeness (QED) is 0.772. The van der Waals surface area contributed by atoms with E-state index in [1.165, 1.54) is 12.1 Å². The average molecular weight is 299 g/mol. The minimum absolute atomic E-state index is 0.0830. The van der Waals surface area contributed by atoms with Gasteiger partial charge in [-0.1, -0.05) is 12.1 Å². The SMILES string of the molecule is CC(C)(C)NC(=O)NCCc1ccc(S(N)(=O)=O)cc1. The number of carbonyl (C=O) groups excluding carboxylic acids is 1. The van der Waals surface area contributed by atoms with Crippen LogP contribution in [0.15, 0.2) is 29.2 Å². The van der Waals surface area contributed by atoms with Crippen LogP contribution in [0.5, 0.6) is 0 Å². The van der Waals surface area contributed by atoms with Crippen molar-refractivity contribution >= 4 is 16.1 Å². The zero-order chi connectivity index (χ0) is 15.4. The van der Waals surface area contributed by atoms with Gasteiger partial charge in [-0.05, 0) is 44.9 Å². The molecule has 0 aromatic heterocycles. The maximum absolute atomic E-state index is 11.5. The second-order valence-electron chi connectivity index (χ2n) is 5.57. The number of amides is 2. The van der Waals surface area contributed by atoms with E-state index in [0.29, 0.717) is 13.0 Å². The summed E-state index contributed by atoms with van der Waals surface area (Å²) in [5.74, 6) is 0. The molecule has 1 aromatic carbocycles. The van der Waals surface area contributed by atoms with Crippen molar-refractivity contribution in [3.8, 4) is 0 Å². The Kier molecular flexibility index (Phi) is 5.13. The van der Waals surface area contributed by atoms with Gasteiger partial charge < -0.3 is 10.6 Å². The van der Waals surface area contributed by atoms with Crippen LogP contribution in [0.1, 0.15) is 26.3 Å². The van der Waals surface area contributed by atoms with E-state index in [4.69, 9.17) is 5.14 Å².